The van der Waals surface area contributed by atoms with Gasteiger partial charge in [-0.3, -0.25) is 9.59 Å². The standard InChI is InChI=1S/C18H9F4I3N2O6/c1-3(28)26-14-11(23)6(12(24)15(13(14)25)27-4(2)29)18(32)33-16-9(21)7(19)5(17(30)31)8(20)10(16)22/h1-2H3,(H,26,28)(H,27,29)(H,30,31)/p-1. The van der Waals surface area contributed by atoms with Crippen LogP contribution >= 0.6 is 67.8 Å². The van der Waals surface area contributed by atoms with E-state index < -0.39 is 63.9 Å². The summed E-state index contributed by atoms with van der Waals surface area (Å²) < 4.78 is 61.3. The minimum Gasteiger partial charge on any atom is -0.545 e. The van der Waals surface area contributed by atoms with E-state index in [1.54, 1.807) is 67.8 Å². The van der Waals surface area contributed by atoms with Crippen molar-refractivity contribution in [1.82, 2.24) is 0 Å². The Kier molecular flexibility index (Phi) is 8.87. The fourth-order valence-corrected chi connectivity index (χ4v) is 6.58. The molecule has 0 spiro atoms. The Hall–Kier alpha value is -1.77. The fourth-order valence-electron chi connectivity index (χ4n) is 2.44. The lowest BCUT2D eigenvalue weighted by molar-refractivity contribution is -0.255. The number of carbonyl (C=O) groups excluding carboxylic acids is 4. The summed E-state index contributed by atoms with van der Waals surface area (Å²) >= 11 is 5.02. The van der Waals surface area contributed by atoms with Crippen LogP contribution in [-0.4, -0.2) is 23.8 Å². The molecule has 2 aromatic rings. The number of anilines is 2. The molecule has 0 radical (unpaired) electrons. The highest BCUT2D eigenvalue weighted by Crippen LogP contribution is 2.40. The van der Waals surface area contributed by atoms with Crippen molar-refractivity contribution in [3.05, 3.63) is 45.1 Å². The number of hydrogen-bond acceptors (Lipinski definition) is 6. The van der Waals surface area contributed by atoms with Crippen molar-refractivity contribution in [2.24, 2.45) is 0 Å². The number of hydrogen-bond donors (Lipinski definition) is 2. The smallest absolute Gasteiger partial charge is 0.346 e. The number of aromatic carboxylic acids is 1. The van der Waals surface area contributed by atoms with Crippen LogP contribution in [0.2, 0.25) is 0 Å². The van der Waals surface area contributed by atoms with Crippen LogP contribution in [0.1, 0.15) is 34.6 Å². The van der Waals surface area contributed by atoms with Crippen LogP contribution in [0.5, 0.6) is 5.75 Å². The number of amides is 2. The summed E-state index contributed by atoms with van der Waals surface area (Å²) in [4.78, 5) is 46.8. The molecule has 0 heterocycles. The Balaban J connectivity index is 2.74. The van der Waals surface area contributed by atoms with E-state index in [1.807, 2.05) is 0 Å². The normalized spacial score (nSPS) is 10.6. The molecule has 2 aromatic carbocycles. The Morgan fingerprint density at radius 1 is 0.727 bits per heavy atom. The van der Waals surface area contributed by atoms with Gasteiger partial charge in [0.2, 0.25) is 29.2 Å². The molecule has 0 aliphatic carbocycles. The maximum atomic E-state index is 14.2. The van der Waals surface area contributed by atoms with Gasteiger partial charge in [0.1, 0.15) is 0 Å². The molecule has 0 unspecified atom stereocenters. The molecule has 2 rings (SSSR count). The number of carboxylic acid groups (broad SMARTS) is 1. The van der Waals surface area contributed by atoms with Crippen molar-refractivity contribution in [1.29, 1.82) is 0 Å². The summed E-state index contributed by atoms with van der Waals surface area (Å²) in [7, 11) is 0. The second-order valence-electron chi connectivity index (χ2n) is 6.07. The van der Waals surface area contributed by atoms with E-state index in [4.69, 9.17) is 0 Å². The minimum absolute atomic E-state index is 0.0174. The van der Waals surface area contributed by atoms with Gasteiger partial charge in [0, 0.05) is 13.8 Å². The molecule has 0 atom stereocenters. The van der Waals surface area contributed by atoms with E-state index >= 15 is 0 Å². The number of carboxylic acids is 1. The van der Waals surface area contributed by atoms with Gasteiger partial charge in [0.05, 0.1) is 39.2 Å². The van der Waals surface area contributed by atoms with Crippen LogP contribution in [0.4, 0.5) is 28.9 Å². The first-order chi connectivity index (χ1) is 15.2. The largest absolute Gasteiger partial charge is 0.545 e. The SMILES string of the molecule is CC(=O)Nc1c(I)c(NC(C)=O)c(I)c(C(=O)Oc2c(F)c(F)c(C(=O)[O-])c(F)c2F)c1I. The number of benzene rings is 2. The molecule has 0 bridgehead atoms. The summed E-state index contributed by atoms with van der Waals surface area (Å²) in [5.74, 6) is -16.2. The topological polar surface area (TPSA) is 125 Å². The molecule has 0 saturated heterocycles. The number of esters is 1. The van der Waals surface area contributed by atoms with Crippen molar-refractivity contribution in [2.75, 3.05) is 10.6 Å². The average Bonchev–Trinajstić information content (AvgIpc) is 2.70. The van der Waals surface area contributed by atoms with Crippen molar-refractivity contribution < 1.29 is 46.6 Å². The molecule has 0 aliphatic rings. The summed E-state index contributed by atoms with van der Waals surface area (Å²) in [6, 6.07) is 0. The van der Waals surface area contributed by atoms with Crippen LogP contribution in [-0.2, 0) is 9.59 Å². The monoisotopic (exact) mass is 805 g/mol. The van der Waals surface area contributed by atoms with E-state index in [9.17, 15) is 41.8 Å². The van der Waals surface area contributed by atoms with Crippen LogP contribution in [0, 0.1) is 34.0 Å². The molecular formula is C18H8F4I3N2O6-. The van der Waals surface area contributed by atoms with Crippen LogP contribution in [0.15, 0.2) is 0 Å². The van der Waals surface area contributed by atoms with Gasteiger partial charge in [0.15, 0.2) is 11.6 Å². The van der Waals surface area contributed by atoms with Gasteiger partial charge in [0.25, 0.3) is 0 Å². The number of rotatable bonds is 5. The quantitative estimate of drug-likeness (QED) is 0.157. The average molecular weight is 805 g/mol. The summed E-state index contributed by atoms with van der Waals surface area (Å²) in [5.41, 5.74) is -2.33. The van der Waals surface area contributed by atoms with Gasteiger partial charge < -0.3 is 25.3 Å². The zero-order chi connectivity index (χ0) is 25.4. The van der Waals surface area contributed by atoms with Gasteiger partial charge in [-0.25, -0.2) is 13.6 Å². The number of halogens is 7. The van der Waals surface area contributed by atoms with Crippen LogP contribution in [0.3, 0.4) is 0 Å². The Labute approximate surface area is 223 Å². The molecule has 0 saturated carbocycles. The minimum atomic E-state index is -2.53. The van der Waals surface area contributed by atoms with Crippen molar-refractivity contribution in [2.45, 2.75) is 13.8 Å². The third kappa shape index (κ3) is 5.49. The Morgan fingerprint density at radius 3 is 1.45 bits per heavy atom. The third-order valence-corrected chi connectivity index (χ3v) is 6.98. The third-order valence-electron chi connectivity index (χ3n) is 3.75. The second-order valence-corrected chi connectivity index (χ2v) is 9.30. The van der Waals surface area contributed by atoms with Gasteiger partial charge in [-0.15, -0.1) is 0 Å². The van der Waals surface area contributed by atoms with Gasteiger partial charge in [-0.1, -0.05) is 0 Å². The molecule has 176 valence electrons. The second kappa shape index (κ2) is 10.7. The lowest BCUT2D eigenvalue weighted by Gasteiger charge is -2.19. The predicted octanol–water partition coefficient (Wildman–Crippen LogP) is 3.56. The molecule has 8 nitrogen and oxygen atoms in total. The lowest BCUT2D eigenvalue weighted by Crippen LogP contribution is -2.27. The van der Waals surface area contributed by atoms with Gasteiger partial charge >= 0.3 is 5.97 Å². The molecule has 0 aromatic heterocycles. The van der Waals surface area contributed by atoms with E-state index in [0.29, 0.717) is 3.57 Å². The molecule has 15 heteroatoms. The highest BCUT2D eigenvalue weighted by molar-refractivity contribution is 14.1. The first-order valence-corrected chi connectivity index (χ1v) is 11.5. The first-order valence-electron chi connectivity index (χ1n) is 8.25. The van der Waals surface area contributed by atoms with Gasteiger partial charge in [-0.2, -0.15) is 8.78 Å². The molecule has 0 fully saturated rings. The Bertz CT molecular complexity index is 1170. The molecule has 33 heavy (non-hydrogen) atoms. The van der Waals surface area contributed by atoms with E-state index in [-0.39, 0.29) is 18.5 Å². The first kappa shape index (κ1) is 27.5. The summed E-state index contributed by atoms with van der Waals surface area (Å²) in [6.07, 6.45) is 0. The summed E-state index contributed by atoms with van der Waals surface area (Å²) in [6.45, 7) is 2.32. The number of carbonyl (C=O) groups is 4. The van der Waals surface area contributed by atoms with Crippen molar-refractivity contribution >= 4 is 103 Å². The van der Waals surface area contributed by atoms with Crippen molar-refractivity contribution in [3.8, 4) is 5.75 Å². The highest BCUT2D eigenvalue weighted by Gasteiger charge is 2.32. The molecular weight excluding hydrogens is 797 g/mol. The fraction of sp³-hybridized carbons (Fsp3) is 0.111. The maximum absolute atomic E-state index is 14.2. The maximum Gasteiger partial charge on any atom is 0.346 e. The lowest BCUT2D eigenvalue weighted by atomic mass is 10.1. The van der Waals surface area contributed by atoms with Gasteiger partial charge in [-0.05, 0) is 67.8 Å². The van der Waals surface area contributed by atoms with Crippen molar-refractivity contribution in [3.63, 3.8) is 0 Å². The molecule has 2 amide bonds. The number of nitrogens with one attached hydrogen (secondary N) is 2. The summed E-state index contributed by atoms with van der Waals surface area (Å²) in [5, 5.41) is 15.7. The van der Waals surface area contributed by atoms with Crippen LogP contribution < -0.4 is 20.5 Å². The molecule has 2 N–H and O–H groups in total. The molecule has 0 aliphatic heterocycles. The number of ether oxygens (including phenoxy) is 1. The zero-order valence-electron chi connectivity index (χ0n) is 16.1. The van der Waals surface area contributed by atoms with E-state index in [0.717, 1.165) is 13.8 Å². The van der Waals surface area contributed by atoms with E-state index in [1.165, 1.54) is 0 Å². The van der Waals surface area contributed by atoms with Crippen LogP contribution in [0.25, 0.3) is 0 Å². The Morgan fingerprint density at radius 2 is 1.12 bits per heavy atom. The predicted molar refractivity (Wildman–Crippen MR) is 129 cm³/mol. The zero-order valence-corrected chi connectivity index (χ0v) is 22.6. The highest BCUT2D eigenvalue weighted by atomic mass is 127. The van der Waals surface area contributed by atoms with E-state index in [2.05, 4.69) is 15.4 Å².